The summed E-state index contributed by atoms with van der Waals surface area (Å²) >= 11 is 0. The molecule has 18 nitrogen and oxygen atoms in total. The minimum atomic E-state index is -1.73. The maximum absolute atomic E-state index is 13.5. The van der Waals surface area contributed by atoms with Crippen molar-refractivity contribution in [3.05, 3.63) is 0 Å². The third kappa shape index (κ3) is 23.2. The number of carboxylic acid groups (broad SMARTS) is 4. The first kappa shape index (κ1) is 47.1. The fourth-order valence-electron chi connectivity index (χ4n) is 4.40. The monoisotopic (exact) mass is 767 g/mol. The molecule has 2 amide bonds. The van der Waals surface area contributed by atoms with Crippen molar-refractivity contribution in [1.82, 2.24) is 16.0 Å². The fraction of sp³-hybridized carbons (Fsp3) is 0.710. The molecule has 290 valence electrons. The van der Waals surface area contributed by atoms with Crippen LogP contribution in [0.4, 0.5) is 4.79 Å². The maximum Gasteiger partial charge on any atom is 0.508 e. The van der Waals surface area contributed by atoms with Crippen molar-refractivity contribution in [2.45, 2.75) is 83.7 Å². The van der Waals surface area contributed by atoms with Gasteiger partial charge in [-0.05, 0) is 25.8 Å². The number of Topliss-reactive ketones (excluding diaryl/α,β-unsaturated/α-hetero) is 2. The van der Waals surface area contributed by atoms with Crippen molar-refractivity contribution in [1.29, 1.82) is 0 Å². The highest BCUT2D eigenvalue weighted by Crippen LogP contribution is 2.21. The van der Waals surface area contributed by atoms with Crippen LogP contribution in [0.15, 0.2) is 0 Å². The van der Waals surface area contributed by atoms with E-state index >= 15 is 0 Å². The number of rotatable bonds is 30. The number of hydrogen-bond donors (Lipinski definition) is 7. The number of nitrogens with one attached hydrogen (secondary N) is 3. The van der Waals surface area contributed by atoms with Gasteiger partial charge in [-0.25, -0.2) is 4.79 Å². The maximum atomic E-state index is 13.5. The number of amides is 2. The van der Waals surface area contributed by atoms with Crippen LogP contribution in [0.3, 0.4) is 0 Å². The highest BCUT2D eigenvalue weighted by Gasteiger charge is 2.33. The van der Waals surface area contributed by atoms with Gasteiger partial charge in [-0.15, -0.1) is 0 Å². The SMILES string of the molecule is COC(=O)OCCSSCCNCCCC[C@H](CC(=O)[C@H](CCC(=O)O)NC(=O)C(C)C)C(=O)N[C@@H](CC(=O)O)C(=O)C[C@@H](CC(=O)O)C(=O)O. The minimum Gasteiger partial charge on any atom is -0.481 e. The Balaban J connectivity index is 5.64. The van der Waals surface area contributed by atoms with Crippen LogP contribution in [-0.4, -0.2) is 124 Å². The molecular weight excluding hydrogens is 718 g/mol. The zero-order valence-corrected chi connectivity index (χ0v) is 30.5. The zero-order valence-electron chi connectivity index (χ0n) is 28.9. The molecule has 4 atom stereocenters. The molecule has 7 N–H and O–H groups in total. The van der Waals surface area contributed by atoms with E-state index in [4.69, 9.17) is 14.9 Å². The van der Waals surface area contributed by atoms with Crippen molar-refractivity contribution in [3.8, 4) is 0 Å². The van der Waals surface area contributed by atoms with Crippen LogP contribution in [0.2, 0.25) is 0 Å². The Hall–Kier alpha value is -3.91. The lowest BCUT2D eigenvalue weighted by Crippen LogP contribution is -2.47. The van der Waals surface area contributed by atoms with Gasteiger partial charge in [0.25, 0.3) is 0 Å². The predicted molar refractivity (Wildman–Crippen MR) is 184 cm³/mol. The first-order chi connectivity index (χ1) is 24.0. The molecule has 0 fully saturated rings. The van der Waals surface area contributed by atoms with Crippen molar-refractivity contribution in [2.75, 3.05) is 38.3 Å². The highest BCUT2D eigenvalue weighted by atomic mass is 33.1. The summed E-state index contributed by atoms with van der Waals surface area (Å²) in [5.74, 6) is -10.9. The topological polar surface area (TPSA) is 289 Å². The summed E-state index contributed by atoms with van der Waals surface area (Å²) in [4.78, 5) is 108. The lowest BCUT2D eigenvalue weighted by molar-refractivity contribution is -0.150. The van der Waals surface area contributed by atoms with E-state index in [0.29, 0.717) is 31.7 Å². The molecule has 0 bridgehead atoms. The van der Waals surface area contributed by atoms with E-state index in [9.17, 15) is 53.4 Å². The summed E-state index contributed by atoms with van der Waals surface area (Å²) in [6.45, 7) is 4.52. The fourth-order valence-corrected chi connectivity index (χ4v) is 6.17. The van der Waals surface area contributed by atoms with E-state index in [2.05, 4.69) is 20.7 Å². The summed E-state index contributed by atoms with van der Waals surface area (Å²) in [6.07, 6.45) is -3.64. The van der Waals surface area contributed by atoms with Crippen LogP contribution in [0.5, 0.6) is 0 Å². The van der Waals surface area contributed by atoms with E-state index in [1.807, 2.05) is 0 Å². The molecule has 0 saturated heterocycles. The van der Waals surface area contributed by atoms with E-state index in [0.717, 1.165) is 5.75 Å². The Bertz CT molecular complexity index is 1200. The van der Waals surface area contributed by atoms with Gasteiger partial charge in [-0.3, -0.25) is 38.4 Å². The smallest absolute Gasteiger partial charge is 0.481 e. The van der Waals surface area contributed by atoms with Crippen LogP contribution in [0, 0.1) is 17.8 Å². The standard InChI is InChI=1S/C31H49N3O15S2/c1-18(2)28(43)33-21(7-8-25(37)38)23(35)14-19(6-4-5-9-32-10-12-50-51-13-11-49-31(47)48-3)29(44)34-22(17-27(41)42)24(36)15-20(30(45)46)16-26(39)40/h18-22,32H,4-17H2,1-3H3,(H,33,43)(H,34,44)(H,37,38)(H,39,40)(H,41,42)(H,45,46)/t19-,20+,21+,22+/m1/s1. The number of ketones is 2. The molecular formula is C31H49N3O15S2. The predicted octanol–water partition coefficient (Wildman–Crippen LogP) is 1.59. The minimum absolute atomic E-state index is 0.0819. The normalized spacial score (nSPS) is 13.3. The lowest BCUT2D eigenvalue weighted by atomic mass is 9.90. The second-order valence-electron chi connectivity index (χ2n) is 11.7. The summed E-state index contributed by atoms with van der Waals surface area (Å²) in [5.41, 5.74) is 0. The van der Waals surface area contributed by atoms with Gasteiger partial charge in [0.15, 0.2) is 11.6 Å². The Morgan fingerprint density at radius 2 is 1.24 bits per heavy atom. The summed E-state index contributed by atoms with van der Waals surface area (Å²) in [7, 11) is 4.29. The van der Waals surface area contributed by atoms with Crippen LogP contribution in [0.1, 0.15) is 71.6 Å². The van der Waals surface area contributed by atoms with Gasteiger partial charge in [0.05, 0.1) is 38.0 Å². The van der Waals surface area contributed by atoms with Gasteiger partial charge in [-0.2, -0.15) is 0 Å². The number of ether oxygens (including phenoxy) is 2. The molecule has 51 heavy (non-hydrogen) atoms. The Kier molecular flexibility index (Phi) is 24.8. The zero-order chi connectivity index (χ0) is 38.9. The third-order valence-corrected chi connectivity index (χ3v) is 9.52. The molecule has 0 rings (SSSR count). The summed E-state index contributed by atoms with van der Waals surface area (Å²) in [5, 5.41) is 44.9. The second kappa shape index (κ2) is 26.8. The Morgan fingerprint density at radius 3 is 1.80 bits per heavy atom. The highest BCUT2D eigenvalue weighted by molar-refractivity contribution is 8.76. The number of carbonyl (C=O) groups is 9. The molecule has 0 radical (unpaired) electrons. The molecule has 0 aromatic heterocycles. The van der Waals surface area contributed by atoms with Crippen LogP contribution in [0.25, 0.3) is 0 Å². The first-order valence-electron chi connectivity index (χ1n) is 16.2. The summed E-state index contributed by atoms with van der Waals surface area (Å²) < 4.78 is 9.16. The second-order valence-corrected chi connectivity index (χ2v) is 14.4. The van der Waals surface area contributed by atoms with Crippen molar-refractivity contribution < 1.29 is 73.1 Å². The van der Waals surface area contributed by atoms with Crippen LogP contribution >= 0.6 is 21.6 Å². The van der Waals surface area contributed by atoms with Gasteiger partial charge < -0.3 is 45.9 Å². The average Bonchev–Trinajstić information content (AvgIpc) is 3.04. The molecule has 20 heteroatoms. The van der Waals surface area contributed by atoms with Crippen molar-refractivity contribution in [2.24, 2.45) is 17.8 Å². The number of aliphatic carboxylic acids is 4. The average molecular weight is 768 g/mol. The Labute approximate surface area is 303 Å². The number of methoxy groups -OCH3 is 1. The van der Waals surface area contributed by atoms with Gasteiger partial charge in [0, 0.05) is 49.1 Å². The third-order valence-electron chi connectivity index (χ3n) is 7.15. The van der Waals surface area contributed by atoms with Gasteiger partial charge in [-0.1, -0.05) is 41.9 Å². The van der Waals surface area contributed by atoms with Gasteiger partial charge in [0.1, 0.15) is 6.61 Å². The van der Waals surface area contributed by atoms with Crippen LogP contribution in [-0.2, 0) is 47.8 Å². The van der Waals surface area contributed by atoms with E-state index < -0.39 is 115 Å². The molecule has 0 unspecified atom stereocenters. The molecule has 0 aliphatic carbocycles. The number of unbranched alkanes of at least 4 members (excludes halogenated alkanes) is 1. The number of carbonyl (C=O) groups excluding carboxylic acids is 5. The molecule has 0 aromatic carbocycles. The number of carboxylic acids is 4. The number of hydrogen-bond acceptors (Lipinski definition) is 14. The molecule has 0 aliphatic heterocycles. The van der Waals surface area contributed by atoms with Gasteiger partial charge >= 0.3 is 30.0 Å². The van der Waals surface area contributed by atoms with Crippen molar-refractivity contribution in [3.63, 3.8) is 0 Å². The first-order valence-corrected chi connectivity index (χ1v) is 18.7. The molecule has 0 spiro atoms. The largest absolute Gasteiger partial charge is 0.508 e. The molecule has 0 aliphatic rings. The molecule has 0 heterocycles. The quantitative estimate of drug-likeness (QED) is 0.0310. The van der Waals surface area contributed by atoms with E-state index in [-0.39, 0.29) is 19.4 Å². The lowest BCUT2D eigenvalue weighted by Gasteiger charge is -2.24. The Morgan fingerprint density at radius 1 is 0.647 bits per heavy atom. The summed E-state index contributed by atoms with van der Waals surface area (Å²) in [6, 6.07) is -2.96. The van der Waals surface area contributed by atoms with Crippen LogP contribution < -0.4 is 16.0 Å². The van der Waals surface area contributed by atoms with E-state index in [1.54, 1.807) is 24.6 Å². The van der Waals surface area contributed by atoms with Gasteiger partial charge in [0.2, 0.25) is 11.8 Å². The molecule has 0 aromatic rings. The van der Waals surface area contributed by atoms with Crippen molar-refractivity contribution >= 4 is 75.0 Å². The molecule has 0 saturated carbocycles. The van der Waals surface area contributed by atoms with E-state index in [1.165, 1.54) is 17.9 Å².